The van der Waals surface area contributed by atoms with Crippen LogP contribution in [-0.4, -0.2) is 210 Å². The van der Waals surface area contributed by atoms with Gasteiger partial charge in [0.15, 0.2) is 55.6 Å². The number of carbonyl (C=O) groups is 1. The summed E-state index contributed by atoms with van der Waals surface area (Å²) in [5, 5.41) is 16.7. The average molecular weight is 1440 g/mol. The van der Waals surface area contributed by atoms with Gasteiger partial charge in [0.05, 0.1) is 59.1 Å². The Morgan fingerprint density at radius 2 is 0.594 bits per heavy atom. The lowest BCUT2D eigenvalue weighted by atomic mass is 9.92. The molecule has 540 valence electrons. The third-order valence-electron chi connectivity index (χ3n) is 17.0. The van der Waals surface area contributed by atoms with Crippen LogP contribution >= 0.6 is 0 Å². The van der Waals surface area contributed by atoms with Crippen molar-refractivity contribution in [2.45, 2.75) is 84.6 Å². The summed E-state index contributed by atoms with van der Waals surface area (Å²) in [6.45, 7) is 23.7. The summed E-state index contributed by atoms with van der Waals surface area (Å²) in [6.07, 6.45) is 2.70. The normalized spacial score (nSPS) is 15.2. The molecule has 4 fully saturated rings. The lowest BCUT2D eigenvalue weighted by Gasteiger charge is -2.28. The molecule has 9 aromatic carbocycles. The zero-order valence-corrected chi connectivity index (χ0v) is 65.5. The van der Waals surface area contributed by atoms with Gasteiger partial charge in [0.1, 0.15) is 11.5 Å². The number of nitrogens with zero attached hydrogens (tertiary/aromatic N) is 6. The van der Waals surface area contributed by atoms with Crippen LogP contribution in [0.1, 0.15) is 39.2 Å². The average Bonchev–Trinajstić information content (AvgIpc) is 1.33. The van der Waals surface area contributed by atoms with E-state index in [-0.39, 0.29) is 51.3 Å². The topological polar surface area (TPSA) is 86.2 Å². The molecule has 0 atom stereocenters. The van der Waals surface area contributed by atoms with E-state index in [1.54, 1.807) is 0 Å². The summed E-state index contributed by atoms with van der Waals surface area (Å²) in [5.41, 5.74) is 1.19. The van der Waals surface area contributed by atoms with Crippen molar-refractivity contribution in [2.24, 2.45) is 5.41 Å². The minimum Gasteiger partial charge on any atom is -0.395 e. The monoisotopic (exact) mass is 1440 g/mol. The highest BCUT2D eigenvalue weighted by atomic mass is 32.2. The van der Waals surface area contributed by atoms with E-state index in [0.717, 1.165) is 32.1 Å². The molecule has 0 unspecified atom stereocenters. The quantitative estimate of drug-likeness (QED) is 0.0968. The number of aryl methyl sites for hydroxylation is 1. The first-order valence-corrected chi connectivity index (χ1v) is 41.2. The van der Waals surface area contributed by atoms with Gasteiger partial charge in [0.25, 0.3) is 0 Å². The number of carbonyl (C=O) groups excluding carboxylic acids is 1. The molecule has 0 aliphatic carbocycles. The maximum Gasteiger partial charge on any atom is 0.187 e. The molecule has 9 aromatic rings. The van der Waals surface area contributed by atoms with Crippen LogP contribution < -0.4 is 0 Å². The van der Waals surface area contributed by atoms with Gasteiger partial charge in [-0.2, -0.15) is 0 Å². The first-order valence-electron chi connectivity index (χ1n) is 35.8. The van der Waals surface area contributed by atoms with Crippen LogP contribution in [-0.2, 0) is 53.1 Å². The molecule has 10 nitrogen and oxygen atoms in total. The number of hydrogen-bond acceptors (Lipinski definition) is 10. The lowest BCUT2D eigenvalue weighted by molar-refractivity contribution is -0.123. The van der Waals surface area contributed by atoms with Crippen molar-refractivity contribution < 1.29 is 19.7 Å². The Bertz CT molecular complexity index is 3100. The first kappa shape index (κ1) is 83.6. The van der Waals surface area contributed by atoms with Crippen molar-refractivity contribution in [1.29, 1.82) is 0 Å². The zero-order chi connectivity index (χ0) is 72.3. The van der Waals surface area contributed by atoms with Gasteiger partial charge in [-0.05, 0) is 182 Å². The van der Waals surface area contributed by atoms with E-state index in [1.807, 2.05) is 32.7 Å². The molecule has 13 rings (SSSR count). The maximum absolute atomic E-state index is 11.6. The molecule has 4 aliphatic heterocycles. The number of rotatable bonds is 15. The molecular formula is C87H118N6O4S4+4. The number of aliphatic hydroxyl groups excluding tert-OH is 2. The fraction of sp³-hybridized carbons (Fsp3) is 0.368. The Hall–Kier alpha value is -6.31. The SMILES string of the molecule is CC(C)(C)C(=O)C[S+]1CCCC1.CN(CCO)CCO.CN1CCN(C)CC1.CN1CCN(C)CC1.CN1CCOCC1.Cc1ccc([S+](c2ccccc2)c2ccccc2)cc1.c1ccc([S+](c2ccccc2)c2ccccc2)cc1.c1ccc([S+](c2ccccc2)c2ccccc2)cc1. The van der Waals surface area contributed by atoms with Gasteiger partial charge in [-0.15, -0.1) is 0 Å². The molecule has 0 spiro atoms. The summed E-state index contributed by atoms with van der Waals surface area (Å²) in [4.78, 5) is 37.5. The van der Waals surface area contributed by atoms with Crippen LogP contribution in [0.3, 0.4) is 0 Å². The second-order valence-electron chi connectivity index (χ2n) is 26.7. The highest BCUT2D eigenvalue weighted by Crippen LogP contribution is 2.33. The smallest absolute Gasteiger partial charge is 0.187 e. The van der Waals surface area contributed by atoms with Gasteiger partial charge in [0.2, 0.25) is 0 Å². The highest BCUT2D eigenvalue weighted by molar-refractivity contribution is 7.98. The zero-order valence-electron chi connectivity index (χ0n) is 62.3. The Balaban J connectivity index is 0.000000188. The maximum atomic E-state index is 11.6. The Morgan fingerprint density at radius 3 is 0.792 bits per heavy atom. The molecule has 4 aliphatic rings. The summed E-state index contributed by atoms with van der Waals surface area (Å²) in [6, 6.07) is 94.7. The summed E-state index contributed by atoms with van der Waals surface area (Å²) < 4.78 is 5.10. The van der Waals surface area contributed by atoms with Crippen LogP contribution in [0.25, 0.3) is 0 Å². The van der Waals surface area contributed by atoms with Crippen LogP contribution in [0.15, 0.2) is 311 Å². The van der Waals surface area contributed by atoms with Crippen molar-refractivity contribution in [3.63, 3.8) is 0 Å². The van der Waals surface area contributed by atoms with Gasteiger partial charge in [-0.3, -0.25) is 4.79 Å². The minimum absolute atomic E-state index is 0.0146. The largest absolute Gasteiger partial charge is 0.395 e. The van der Waals surface area contributed by atoms with Crippen LogP contribution in [0.5, 0.6) is 0 Å². The summed E-state index contributed by atoms with van der Waals surface area (Å²) in [7, 11) is 13.1. The third-order valence-corrected chi connectivity index (χ3v) is 26.1. The van der Waals surface area contributed by atoms with E-state index in [0.29, 0.717) is 29.8 Å². The number of piperazine rings is 2. The number of benzene rings is 9. The van der Waals surface area contributed by atoms with Crippen molar-refractivity contribution in [1.82, 2.24) is 29.4 Å². The molecule has 4 heterocycles. The van der Waals surface area contributed by atoms with Crippen molar-refractivity contribution in [2.75, 3.05) is 165 Å². The molecule has 0 saturated carbocycles. The Morgan fingerprint density at radius 1 is 0.376 bits per heavy atom. The molecule has 0 bridgehead atoms. The molecule has 0 amide bonds. The highest BCUT2D eigenvalue weighted by Gasteiger charge is 2.33. The Kier molecular flexibility index (Phi) is 40.2. The van der Waals surface area contributed by atoms with Gasteiger partial charge >= 0.3 is 0 Å². The molecule has 0 radical (unpaired) electrons. The fourth-order valence-corrected chi connectivity index (χ4v) is 19.3. The third kappa shape index (κ3) is 32.9. The number of aliphatic hydroxyl groups is 2. The number of Topliss-reactive ketones (excluding diaryl/α,β-unsaturated/α-hetero) is 1. The second kappa shape index (κ2) is 48.6. The summed E-state index contributed by atoms with van der Waals surface area (Å²) >= 11 is 0. The molecule has 4 saturated heterocycles. The van der Waals surface area contributed by atoms with Crippen LogP contribution in [0, 0.1) is 12.3 Å². The standard InChI is InChI=1S/C19H17S.2C18H15S.C10H19OS.2C6H14N2.C5H13NO2.C5H11NO/c1-16-12-14-19(15-13-16)20(17-8-4-2-5-9-17)18-10-6-3-7-11-18;2*1-4-10-16(11-5-1)19(17-12-6-2-7-13-17)18-14-8-3-9-15-18;1-10(2,3)9(11)8-12-6-4-5-7-12;2*1-7-3-5-8(2)6-4-7;1-6(2-4-7)3-5-8;1-6-2-4-7-5-3-6/h2-15H,1H3;2*1-15H;4-8H2,1-3H3;2*3-6H2,1-2H3;7-8H,2-5H2,1H3;2-5H2,1H3/q4*+1;;;;. The molecular weight excluding hydrogens is 1320 g/mol. The van der Waals surface area contributed by atoms with Crippen LogP contribution in [0.4, 0.5) is 0 Å². The number of ether oxygens (including phenoxy) is 1. The van der Waals surface area contributed by atoms with Gasteiger partial charge in [-0.1, -0.05) is 184 Å². The lowest BCUT2D eigenvalue weighted by Crippen LogP contribution is -2.42. The predicted octanol–water partition coefficient (Wildman–Crippen LogP) is 15.2. The Labute approximate surface area is 621 Å². The minimum atomic E-state index is -0.115. The number of likely N-dealkylation sites (N-methyl/N-ethyl adjacent to an activating group) is 6. The summed E-state index contributed by atoms with van der Waals surface area (Å²) in [5.74, 6) is 3.92. The molecule has 101 heavy (non-hydrogen) atoms. The van der Waals surface area contributed by atoms with E-state index < -0.39 is 0 Å². The van der Waals surface area contributed by atoms with Gasteiger partial charge < -0.3 is 44.3 Å². The van der Waals surface area contributed by atoms with E-state index in [4.69, 9.17) is 14.9 Å². The second-order valence-corrected chi connectivity index (χ2v) is 35.1. The molecule has 0 aromatic heterocycles. The van der Waals surface area contributed by atoms with Gasteiger partial charge in [0, 0.05) is 84.0 Å². The van der Waals surface area contributed by atoms with E-state index in [2.05, 4.69) is 334 Å². The van der Waals surface area contributed by atoms with E-state index in [1.165, 1.54) is 126 Å². The van der Waals surface area contributed by atoms with Crippen molar-refractivity contribution >= 4 is 49.4 Å². The first-order chi connectivity index (χ1) is 49.0. The molecule has 2 N–H and O–H groups in total. The van der Waals surface area contributed by atoms with Gasteiger partial charge in [-0.25, -0.2) is 0 Å². The van der Waals surface area contributed by atoms with Crippen molar-refractivity contribution in [3.8, 4) is 0 Å². The fourth-order valence-electron chi connectivity index (χ4n) is 10.5. The van der Waals surface area contributed by atoms with Crippen LogP contribution in [0.2, 0.25) is 0 Å². The number of ketones is 1. The number of hydrogen-bond donors (Lipinski definition) is 2. The van der Waals surface area contributed by atoms with E-state index in [9.17, 15) is 4.79 Å². The molecule has 14 heteroatoms. The van der Waals surface area contributed by atoms with E-state index >= 15 is 0 Å². The number of morpholine rings is 1. The predicted molar refractivity (Wildman–Crippen MR) is 435 cm³/mol. The van der Waals surface area contributed by atoms with Crippen molar-refractivity contribution in [3.05, 3.63) is 272 Å².